The molecule has 0 saturated carbocycles. The Labute approximate surface area is 170 Å². The molecule has 0 radical (unpaired) electrons. The number of amides is 1. The number of nitrogens with one attached hydrogen (secondary N) is 2. The first-order valence-electron chi connectivity index (χ1n) is 9.90. The summed E-state index contributed by atoms with van der Waals surface area (Å²) in [6.45, 7) is 20.5. The zero-order valence-electron chi connectivity index (χ0n) is 19.0. The van der Waals surface area contributed by atoms with Gasteiger partial charge in [0, 0.05) is 0 Å². The van der Waals surface area contributed by atoms with Gasteiger partial charge in [-0.25, -0.2) is 10.2 Å². The molecule has 4 atom stereocenters. The van der Waals surface area contributed by atoms with Gasteiger partial charge in [-0.2, -0.15) is 0 Å². The van der Waals surface area contributed by atoms with Crippen molar-refractivity contribution in [2.45, 2.75) is 109 Å². The Morgan fingerprint density at radius 3 is 2.25 bits per heavy atom. The molecular formula is C19H38N2O6Si. The monoisotopic (exact) mass is 418 g/mol. The number of hydrogen-bond acceptors (Lipinski definition) is 7. The van der Waals surface area contributed by atoms with E-state index in [0.29, 0.717) is 6.61 Å². The Hall–Kier alpha value is -0.713. The highest BCUT2D eigenvalue weighted by atomic mass is 28.4. The van der Waals surface area contributed by atoms with E-state index in [1.54, 1.807) is 0 Å². The summed E-state index contributed by atoms with van der Waals surface area (Å²) in [7, 11) is -1.94. The number of carbonyl (C=O) groups is 1. The Morgan fingerprint density at radius 1 is 1.11 bits per heavy atom. The van der Waals surface area contributed by atoms with Crippen molar-refractivity contribution in [3.05, 3.63) is 0 Å². The fourth-order valence-electron chi connectivity index (χ4n) is 2.85. The van der Waals surface area contributed by atoms with Crippen LogP contribution in [0.5, 0.6) is 0 Å². The molecule has 2 saturated heterocycles. The van der Waals surface area contributed by atoms with Gasteiger partial charge in [0.05, 0.1) is 12.6 Å². The van der Waals surface area contributed by atoms with E-state index in [1.807, 2.05) is 34.6 Å². The van der Waals surface area contributed by atoms with E-state index in [9.17, 15) is 4.79 Å². The second-order valence-electron chi connectivity index (χ2n) is 10.5. The predicted molar refractivity (Wildman–Crippen MR) is 108 cm³/mol. The fraction of sp³-hybridized carbons (Fsp3) is 0.947. The Kier molecular flexibility index (Phi) is 6.60. The van der Waals surface area contributed by atoms with E-state index in [-0.39, 0.29) is 23.3 Å². The lowest BCUT2D eigenvalue weighted by molar-refractivity contribution is -0.210. The standard InChI is InChI=1S/C19H38N2O6Si/c1-17(2,3)27-16(22)21-20-13-12(11-23-28(9,10)18(4,5)6)24-15-14(13)25-19(7,8)26-15/h12-15,20H,11H2,1-10H3,(H,21,22)/t12-,13?,14-,15+/m1/s1. The van der Waals surface area contributed by atoms with Crippen LogP contribution in [-0.4, -0.2) is 56.9 Å². The summed E-state index contributed by atoms with van der Waals surface area (Å²) in [4.78, 5) is 12.1. The van der Waals surface area contributed by atoms with Crippen molar-refractivity contribution in [3.63, 3.8) is 0 Å². The van der Waals surface area contributed by atoms with Crippen LogP contribution in [0.2, 0.25) is 18.1 Å². The van der Waals surface area contributed by atoms with E-state index >= 15 is 0 Å². The molecule has 2 rings (SSSR count). The van der Waals surface area contributed by atoms with Gasteiger partial charge < -0.3 is 23.4 Å². The molecule has 2 fully saturated rings. The average molecular weight is 419 g/mol. The molecule has 0 bridgehead atoms. The van der Waals surface area contributed by atoms with Gasteiger partial charge in [-0.05, 0) is 52.8 Å². The first-order valence-corrected chi connectivity index (χ1v) is 12.8. The lowest BCUT2D eigenvalue weighted by atomic mass is 10.1. The Morgan fingerprint density at radius 2 is 1.71 bits per heavy atom. The molecule has 0 spiro atoms. The summed E-state index contributed by atoms with van der Waals surface area (Å²) >= 11 is 0. The highest BCUT2D eigenvalue weighted by molar-refractivity contribution is 6.74. The minimum absolute atomic E-state index is 0.0914. The van der Waals surface area contributed by atoms with Crippen molar-refractivity contribution in [1.82, 2.24) is 10.9 Å². The van der Waals surface area contributed by atoms with Crippen molar-refractivity contribution >= 4 is 14.4 Å². The number of fused-ring (bicyclic) bond motifs is 1. The van der Waals surface area contributed by atoms with E-state index in [1.165, 1.54) is 0 Å². The van der Waals surface area contributed by atoms with Crippen LogP contribution in [0.3, 0.4) is 0 Å². The molecule has 0 aromatic carbocycles. The zero-order valence-corrected chi connectivity index (χ0v) is 20.0. The highest BCUT2D eigenvalue weighted by Crippen LogP contribution is 2.40. The summed E-state index contributed by atoms with van der Waals surface area (Å²) in [5, 5.41) is 0.0914. The average Bonchev–Trinajstić information content (AvgIpc) is 2.91. The summed E-state index contributed by atoms with van der Waals surface area (Å²) in [5.74, 6) is -0.744. The quantitative estimate of drug-likeness (QED) is 0.523. The normalized spacial score (nSPS) is 30.2. The van der Waals surface area contributed by atoms with Crippen molar-refractivity contribution in [2.24, 2.45) is 0 Å². The third-order valence-electron chi connectivity index (χ3n) is 5.31. The maximum atomic E-state index is 12.1. The topological polar surface area (TPSA) is 87.3 Å². The molecule has 1 amide bonds. The lowest BCUT2D eigenvalue weighted by Crippen LogP contribution is -2.56. The molecule has 28 heavy (non-hydrogen) atoms. The number of hydrogen-bond donors (Lipinski definition) is 2. The first kappa shape index (κ1) is 23.6. The summed E-state index contributed by atoms with van der Waals surface area (Å²) in [6, 6.07) is -0.330. The predicted octanol–water partition coefficient (Wildman–Crippen LogP) is 3.28. The smallest absolute Gasteiger partial charge is 0.422 e. The van der Waals surface area contributed by atoms with Crippen LogP contribution in [-0.2, 0) is 23.4 Å². The molecule has 2 aliphatic heterocycles. The van der Waals surface area contributed by atoms with Gasteiger partial charge in [0.2, 0.25) is 0 Å². The van der Waals surface area contributed by atoms with Crippen LogP contribution in [0.15, 0.2) is 0 Å². The number of rotatable bonds is 5. The van der Waals surface area contributed by atoms with Crippen molar-refractivity contribution < 1.29 is 28.2 Å². The lowest BCUT2D eigenvalue weighted by Gasteiger charge is -2.37. The van der Waals surface area contributed by atoms with Crippen LogP contribution in [0.4, 0.5) is 4.79 Å². The molecule has 9 heteroatoms. The minimum Gasteiger partial charge on any atom is -0.443 e. The van der Waals surface area contributed by atoms with E-state index < -0.39 is 32.1 Å². The molecule has 2 N–H and O–H groups in total. The maximum Gasteiger partial charge on any atom is 0.422 e. The fourth-order valence-corrected chi connectivity index (χ4v) is 3.86. The van der Waals surface area contributed by atoms with Gasteiger partial charge in [0.1, 0.15) is 17.8 Å². The van der Waals surface area contributed by atoms with Gasteiger partial charge in [0.25, 0.3) is 0 Å². The molecule has 164 valence electrons. The first-order chi connectivity index (χ1) is 12.5. The molecule has 2 aliphatic rings. The third kappa shape index (κ3) is 5.90. The second-order valence-corrected chi connectivity index (χ2v) is 15.3. The van der Waals surface area contributed by atoms with E-state index in [2.05, 4.69) is 44.7 Å². The van der Waals surface area contributed by atoms with Gasteiger partial charge in [-0.1, -0.05) is 20.8 Å². The second kappa shape index (κ2) is 7.85. The van der Waals surface area contributed by atoms with E-state index in [0.717, 1.165) is 0 Å². The number of hydrazine groups is 1. The van der Waals surface area contributed by atoms with Crippen LogP contribution in [0, 0.1) is 0 Å². The van der Waals surface area contributed by atoms with Crippen molar-refractivity contribution in [3.8, 4) is 0 Å². The summed E-state index contributed by atoms with van der Waals surface area (Å²) in [6.07, 6.45) is -1.76. The SMILES string of the molecule is CC(C)(C)OC(=O)NNC1[C@H]2OC(C)(C)O[C@@H]2O[C@@H]1CO[Si](C)(C)C(C)(C)C. The van der Waals surface area contributed by atoms with Crippen LogP contribution in [0.25, 0.3) is 0 Å². The minimum atomic E-state index is -1.94. The molecule has 0 aromatic heterocycles. The maximum absolute atomic E-state index is 12.1. The summed E-state index contributed by atoms with van der Waals surface area (Å²) in [5.41, 5.74) is 5.04. The van der Waals surface area contributed by atoms with Crippen LogP contribution in [0.1, 0.15) is 55.4 Å². The van der Waals surface area contributed by atoms with Gasteiger partial charge in [-0.3, -0.25) is 5.43 Å². The molecular weight excluding hydrogens is 380 g/mol. The van der Waals surface area contributed by atoms with Gasteiger partial charge >= 0.3 is 6.09 Å². The summed E-state index contributed by atoms with van der Waals surface area (Å²) < 4.78 is 29.5. The molecule has 0 aliphatic carbocycles. The third-order valence-corrected chi connectivity index (χ3v) is 9.81. The Bertz CT molecular complexity index is 570. The van der Waals surface area contributed by atoms with Gasteiger partial charge in [-0.15, -0.1) is 0 Å². The molecule has 1 unspecified atom stereocenters. The Balaban J connectivity index is 2.04. The molecule has 8 nitrogen and oxygen atoms in total. The zero-order chi connectivity index (χ0) is 21.5. The van der Waals surface area contributed by atoms with Crippen LogP contribution < -0.4 is 10.9 Å². The number of ether oxygens (including phenoxy) is 4. The van der Waals surface area contributed by atoms with E-state index in [4.69, 9.17) is 23.4 Å². The molecule has 2 heterocycles. The van der Waals surface area contributed by atoms with Crippen molar-refractivity contribution in [1.29, 1.82) is 0 Å². The molecule has 0 aromatic rings. The largest absolute Gasteiger partial charge is 0.443 e. The van der Waals surface area contributed by atoms with Crippen molar-refractivity contribution in [2.75, 3.05) is 6.61 Å². The number of carbonyl (C=O) groups excluding carboxylic acids is 1. The van der Waals surface area contributed by atoms with Crippen LogP contribution >= 0.6 is 0 Å². The highest BCUT2D eigenvalue weighted by Gasteiger charge is 2.55. The van der Waals surface area contributed by atoms with Gasteiger partial charge in [0.15, 0.2) is 20.4 Å².